The molecule has 16 heavy (non-hydrogen) atoms. The summed E-state index contributed by atoms with van der Waals surface area (Å²) in [5.41, 5.74) is 2.04. The van der Waals surface area contributed by atoms with Crippen LogP contribution in [0.1, 0.15) is 5.69 Å². The molecule has 0 fully saturated rings. The lowest BCUT2D eigenvalue weighted by Gasteiger charge is -2.01. The second-order valence-electron chi connectivity index (χ2n) is 3.77. The topological polar surface area (TPSA) is 41.6 Å². The molecule has 2 aromatic rings. The Labute approximate surface area is 99.2 Å². The molecule has 1 aromatic heterocycles. The van der Waals surface area contributed by atoms with Gasteiger partial charge in [-0.3, -0.25) is 4.68 Å². The SMILES string of the molecule is Cn1nc(CC(C#N)CCl)c2ccccc21. The highest BCUT2D eigenvalue weighted by molar-refractivity contribution is 6.18. The number of nitriles is 1. The second-order valence-corrected chi connectivity index (χ2v) is 4.08. The second kappa shape index (κ2) is 4.54. The number of benzene rings is 1. The first kappa shape index (κ1) is 11.0. The average Bonchev–Trinajstić information content (AvgIpc) is 2.64. The van der Waals surface area contributed by atoms with Gasteiger partial charge in [-0.25, -0.2) is 0 Å². The number of fused-ring (bicyclic) bond motifs is 1. The van der Waals surface area contributed by atoms with E-state index in [2.05, 4.69) is 11.2 Å². The van der Waals surface area contributed by atoms with Crippen molar-refractivity contribution in [1.82, 2.24) is 9.78 Å². The normalized spacial score (nSPS) is 12.6. The van der Waals surface area contributed by atoms with Crippen LogP contribution in [-0.2, 0) is 13.5 Å². The number of aromatic nitrogens is 2. The van der Waals surface area contributed by atoms with Crippen LogP contribution >= 0.6 is 11.6 Å². The van der Waals surface area contributed by atoms with E-state index in [-0.39, 0.29) is 5.92 Å². The third-order valence-corrected chi connectivity index (χ3v) is 3.02. The molecule has 1 atom stereocenters. The highest BCUT2D eigenvalue weighted by atomic mass is 35.5. The van der Waals surface area contributed by atoms with E-state index < -0.39 is 0 Å². The maximum Gasteiger partial charge on any atom is 0.0716 e. The highest BCUT2D eigenvalue weighted by Gasteiger charge is 2.13. The van der Waals surface area contributed by atoms with Crippen molar-refractivity contribution in [2.45, 2.75) is 6.42 Å². The summed E-state index contributed by atoms with van der Waals surface area (Å²) in [7, 11) is 1.91. The quantitative estimate of drug-likeness (QED) is 0.765. The standard InChI is InChI=1S/C12H12ClN3/c1-16-12-5-3-2-4-10(12)11(15-16)6-9(7-13)8-14/h2-5,9H,6-7H2,1H3. The van der Waals surface area contributed by atoms with E-state index >= 15 is 0 Å². The number of alkyl halides is 1. The molecule has 4 heteroatoms. The summed E-state index contributed by atoms with van der Waals surface area (Å²) in [6.45, 7) is 0. The number of hydrogen-bond donors (Lipinski definition) is 0. The van der Waals surface area contributed by atoms with Gasteiger partial charge in [-0.15, -0.1) is 11.6 Å². The molecule has 0 saturated carbocycles. The summed E-state index contributed by atoms with van der Waals surface area (Å²) < 4.78 is 1.84. The Balaban J connectivity index is 2.42. The van der Waals surface area contributed by atoms with Crippen LogP contribution in [0.25, 0.3) is 10.9 Å². The Morgan fingerprint density at radius 2 is 2.25 bits per heavy atom. The van der Waals surface area contributed by atoms with Crippen molar-refractivity contribution < 1.29 is 0 Å². The Morgan fingerprint density at radius 1 is 1.50 bits per heavy atom. The van der Waals surface area contributed by atoms with Gasteiger partial charge in [0.25, 0.3) is 0 Å². The van der Waals surface area contributed by atoms with Gasteiger partial charge in [0.15, 0.2) is 0 Å². The Morgan fingerprint density at radius 3 is 2.94 bits per heavy atom. The fourth-order valence-corrected chi connectivity index (χ4v) is 1.99. The average molecular weight is 234 g/mol. The third kappa shape index (κ3) is 1.89. The summed E-state index contributed by atoms with van der Waals surface area (Å²) in [5, 5.41) is 14.4. The smallest absolute Gasteiger partial charge is 0.0716 e. The summed E-state index contributed by atoms with van der Waals surface area (Å²) >= 11 is 5.72. The monoisotopic (exact) mass is 233 g/mol. The van der Waals surface area contributed by atoms with Crippen LogP contribution in [0.4, 0.5) is 0 Å². The van der Waals surface area contributed by atoms with Crippen LogP contribution in [0.3, 0.4) is 0 Å². The van der Waals surface area contributed by atoms with E-state index in [1.54, 1.807) is 0 Å². The van der Waals surface area contributed by atoms with Gasteiger partial charge < -0.3 is 0 Å². The maximum atomic E-state index is 8.90. The first-order chi connectivity index (χ1) is 7.76. The van der Waals surface area contributed by atoms with Gasteiger partial charge in [0.1, 0.15) is 0 Å². The summed E-state index contributed by atoms with van der Waals surface area (Å²) in [6.07, 6.45) is 0.612. The Hall–Kier alpha value is -1.53. The molecule has 3 nitrogen and oxygen atoms in total. The molecule has 0 spiro atoms. The lowest BCUT2D eigenvalue weighted by atomic mass is 10.0. The van der Waals surface area contributed by atoms with Crippen LogP contribution in [0.5, 0.6) is 0 Å². The largest absolute Gasteiger partial charge is 0.268 e. The van der Waals surface area contributed by atoms with Crippen molar-refractivity contribution in [3.05, 3.63) is 30.0 Å². The van der Waals surface area contributed by atoms with Gasteiger partial charge in [0, 0.05) is 24.7 Å². The summed E-state index contributed by atoms with van der Waals surface area (Å²) in [5.74, 6) is 0.182. The van der Waals surface area contributed by atoms with Crippen molar-refractivity contribution in [1.29, 1.82) is 5.26 Å². The molecular weight excluding hydrogens is 222 g/mol. The molecule has 1 heterocycles. The Kier molecular flexibility index (Phi) is 3.12. The molecule has 1 aromatic carbocycles. The van der Waals surface area contributed by atoms with Crippen molar-refractivity contribution in [2.75, 3.05) is 5.88 Å². The fraction of sp³-hybridized carbons (Fsp3) is 0.333. The van der Waals surface area contributed by atoms with Crippen molar-refractivity contribution in [2.24, 2.45) is 13.0 Å². The molecule has 0 aliphatic carbocycles. The first-order valence-electron chi connectivity index (χ1n) is 5.12. The molecule has 82 valence electrons. The van der Waals surface area contributed by atoms with Gasteiger partial charge in [0.2, 0.25) is 0 Å². The van der Waals surface area contributed by atoms with Crippen LogP contribution in [0, 0.1) is 17.2 Å². The number of nitrogens with zero attached hydrogens (tertiary/aromatic N) is 3. The molecule has 0 radical (unpaired) electrons. The number of para-hydroxylation sites is 1. The van der Waals surface area contributed by atoms with E-state index in [4.69, 9.17) is 16.9 Å². The van der Waals surface area contributed by atoms with Crippen molar-refractivity contribution >= 4 is 22.5 Å². The minimum Gasteiger partial charge on any atom is -0.268 e. The molecule has 0 amide bonds. The van der Waals surface area contributed by atoms with Gasteiger partial charge in [-0.05, 0) is 6.07 Å². The number of rotatable bonds is 3. The number of hydrogen-bond acceptors (Lipinski definition) is 2. The molecule has 2 rings (SSSR count). The maximum absolute atomic E-state index is 8.90. The summed E-state index contributed by atoms with van der Waals surface area (Å²) in [6, 6.07) is 10.2. The van der Waals surface area contributed by atoms with Crippen LogP contribution in [0.2, 0.25) is 0 Å². The molecular formula is C12H12ClN3. The minimum absolute atomic E-state index is 0.167. The zero-order valence-corrected chi connectivity index (χ0v) is 9.78. The zero-order valence-electron chi connectivity index (χ0n) is 9.02. The molecule has 0 bridgehead atoms. The lowest BCUT2D eigenvalue weighted by Crippen LogP contribution is -2.04. The van der Waals surface area contributed by atoms with Crippen LogP contribution < -0.4 is 0 Å². The molecule has 0 saturated heterocycles. The molecule has 0 aliphatic heterocycles. The van der Waals surface area contributed by atoms with E-state index in [1.807, 2.05) is 36.0 Å². The van der Waals surface area contributed by atoms with Crippen molar-refractivity contribution in [3.8, 4) is 6.07 Å². The highest BCUT2D eigenvalue weighted by Crippen LogP contribution is 2.20. The summed E-state index contributed by atoms with van der Waals surface area (Å²) in [4.78, 5) is 0. The van der Waals surface area contributed by atoms with Crippen LogP contribution in [0.15, 0.2) is 24.3 Å². The first-order valence-corrected chi connectivity index (χ1v) is 5.66. The van der Waals surface area contributed by atoms with Gasteiger partial charge in [-0.2, -0.15) is 10.4 Å². The van der Waals surface area contributed by atoms with Gasteiger partial charge in [0.05, 0.1) is 23.2 Å². The third-order valence-electron chi connectivity index (χ3n) is 2.64. The van der Waals surface area contributed by atoms with E-state index in [9.17, 15) is 0 Å². The van der Waals surface area contributed by atoms with Gasteiger partial charge in [-0.1, -0.05) is 18.2 Å². The van der Waals surface area contributed by atoms with Crippen molar-refractivity contribution in [3.63, 3.8) is 0 Å². The predicted octanol–water partition coefficient (Wildman–Crippen LogP) is 2.49. The number of halogens is 1. The van der Waals surface area contributed by atoms with E-state index in [0.29, 0.717) is 12.3 Å². The predicted molar refractivity (Wildman–Crippen MR) is 64.2 cm³/mol. The molecule has 1 unspecified atom stereocenters. The fourth-order valence-electron chi connectivity index (χ4n) is 1.81. The van der Waals surface area contributed by atoms with E-state index in [1.165, 1.54) is 0 Å². The lowest BCUT2D eigenvalue weighted by molar-refractivity contribution is 0.695. The molecule has 0 N–H and O–H groups in total. The zero-order chi connectivity index (χ0) is 11.5. The molecule has 0 aliphatic rings. The Bertz CT molecular complexity index is 539. The van der Waals surface area contributed by atoms with E-state index in [0.717, 1.165) is 16.6 Å². The minimum atomic E-state index is -0.167. The van der Waals surface area contributed by atoms with Crippen LogP contribution in [-0.4, -0.2) is 15.7 Å². The number of aryl methyl sites for hydroxylation is 1. The van der Waals surface area contributed by atoms with Gasteiger partial charge >= 0.3 is 0 Å².